The van der Waals surface area contributed by atoms with Gasteiger partial charge in [0.2, 0.25) is 0 Å². The van der Waals surface area contributed by atoms with Crippen LogP contribution >= 0.6 is 11.3 Å². The van der Waals surface area contributed by atoms with Crippen molar-refractivity contribution in [2.75, 3.05) is 5.73 Å². The van der Waals surface area contributed by atoms with E-state index in [4.69, 9.17) is 5.73 Å². The van der Waals surface area contributed by atoms with Gasteiger partial charge in [-0.25, -0.2) is 4.98 Å². The highest BCUT2D eigenvalue weighted by atomic mass is 32.1. The smallest absolute Gasteiger partial charge is 0.126 e. The maximum absolute atomic E-state index is 6.34. The lowest BCUT2D eigenvalue weighted by Gasteiger charge is -2.06. The van der Waals surface area contributed by atoms with Crippen molar-refractivity contribution >= 4 is 38.0 Å². The van der Waals surface area contributed by atoms with Crippen LogP contribution in [0.4, 0.5) is 5.69 Å². The van der Waals surface area contributed by atoms with Gasteiger partial charge in [-0.2, -0.15) is 0 Å². The Morgan fingerprint density at radius 2 is 1.65 bits per heavy atom. The predicted molar refractivity (Wildman–Crippen MR) is 87.0 cm³/mol. The fourth-order valence-electron chi connectivity index (χ4n) is 2.47. The van der Waals surface area contributed by atoms with Gasteiger partial charge >= 0.3 is 0 Å². The van der Waals surface area contributed by atoms with Gasteiger partial charge in [0.15, 0.2) is 0 Å². The highest BCUT2D eigenvalue weighted by Crippen LogP contribution is 2.36. The third-order valence-electron chi connectivity index (χ3n) is 3.49. The quantitative estimate of drug-likeness (QED) is 0.512. The summed E-state index contributed by atoms with van der Waals surface area (Å²) in [6, 6.07) is 20.5. The van der Waals surface area contributed by atoms with E-state index in [0.717, 1.165) is 32.5 Å². The van der Waals surface area contributed by atoms with Crippen molar-refractivity contribution in [3.63, 3.8) is 0 Å². The lowest BCUT2D eigenvalue weighted by atomic mass is 10.0. The summed E-state index contributed by atoms with van der Waals surface area (Å²) in [6.07, 6.45) is 0. The second kappa shape index (κ2) is 4.32. The Morgan fingerprint density at radius 3 is 2.55 bits per heavy atom. The van der Waals surface area contributed by atoms with Gasteiger partial charge in [0, 0.05) is 16.6 Å². The Bertz CT molecular complexity index is 891. The van der Waals surface area contributed by atoms with E-state index >= 15 is 0 Å². The zero-order valence-electron chi connectivity index (χ0n) is 10.7. The molecule has 0 saturated heterocycles. The van der Waals surface area contributed by atoms with Crippen LogP contribution in [0.15, 0.2) is 60.7 Å². The fraction of sp³-hybridized carbons (Fsp3) is 0. The lowest BCUT2D eigenvalue weighted by Crippen LogP contribution is -1.91. The second-order valence-electron chi connectivity index (χ2n) is 4.73. The summed E-state index contributed by atoms with van der Waals surface area (Å²) in [7, 11) is 0. The van der Waals surface area contributed by atoms with Crippen LogP contribution in [0.25, 0.3) is 31.6 Å². The Balaban J connectivity index is 1.99. The average Bonchev–Trinajstić information content (AvgIpc) is 2.91. The Labute approximate surface area is 120 Å². The third kappa shape index (κ3) is 1.67. The van der Waals surface area contributed by atoms with Gasteiger partial charge in [0.05, 0.1) is 10.2 Å². The third-order valence-corrected chi connectivity index (χ3v) is 4.56. The van der Waals surface area contributed by atoms with Gasteiger partial charge in [-0.1, -0.05) is 42.5 Å². The molecule has 0 spiro atoms. The molecule has 0 aliphatic carbocycles. The topological polar surface area (TPSA) is 38.9 Å². The standard InChI is InChI=1S/C17H12N2S/c18-16-12-6-2-1-5-11(12)9-10-13(16)17-19-14-7-3-4-8-15(14)20-17/h1-10H,18H2. The number of nitrogens with zero attached hydrogens (tertiary/aromatic N) is 1. The molecule has 20 heavy (non-hydrogen) atoms. The van der Waals surface area contributed by atoms with Crippen molar-refractivity contribution in [3.05, 3.63) is 60.7 Å². The van der Waals surface area contributed by atoms with Crippen LogP contribution in [0.1, 0.15) is 0 Å². The van der Waals surface area contributed by atoms with Crippen molar-refractivity contribution in [1.82, 2.24) is 4.98 Å². The van der Waals surface area contributed by atoms with E-state index < -0.39 is 0 Å². The van der Waals surface area contributed by atoms with E-state index in [1.807, 2.05) is 30.3 Å². The number of fused-ring (bicyclic) bond motifs is 2. The number of nitrogen functional groups attached to an aromatic ring is 1. The second-order valence-corrected chi connectivity index (χ2v) is 5.77. The summed E-state index contributed by atoms with van der Waals surface area (Å²) in [5.74, 6) is 0. The van der Waals surface area contributed by atoms with E-state index in [1.54, 1.807) is 11.3 Å². The normalized spacial score (nSPS) is 11.2. The molecule has 1 aromatic heterocycles. The zero-order valence-corrected chi connectivity index (χ0v) is 11.5. The first kappa shape index (κ1) is 11.4. The minimum Gasteiger partial charge on any atom is -0.398 e. The molecule has 0 aliphatic heterocycles. The maximum atomic E-state index is 6.34. The van der Waals surface area contributed by atoms with Gasteiger partial charge in [-0.15, -0.1) is 11.3 Å². The largest absolute Gasteiger partial charge is 0.398 e. The van der Waals surface area contributed by atoms with Crippen molar-refractivity contribution in [3.8, 4) is 10.6 Å². The molecule has 0 atom stereocenters. The molecule has 0 unspecified atom stereocenters. The Kier molecular flexibility index (Phi) is 2.47. The number of hydrogen-bond donors (Lipinski definition) is 1. The Morgan fingerprint density at radius 1 is 0.850 bits per heavy atom. The number of rotatable bonds is 1. The first-order valence-corrected chi connectivity index (χ1v) is 7.28. The molecule has 4 aromatic rings. The number of para-hydroxylation sites is 1. The lowest BCUT2D eigenvalue weighted by molar-refractivity contribution is 1.48. The van der Waals surface area contributed by atoms with Gasteiger partial charge in [0.1, 0.15) is 5.01 Å². The molecule has 1 heterocycles. The highest BCUT2D eigenvalue weighted by molar-refractivity contribution is 7.21. The molecule has 2 N–H and O–H groups in total. The molecular weight excluding hydrogens is 264 g/mol. The molecule has 96 valence electrons. The van der Waals surface area contributed by atoms with Gasteiger partial charge in [-0.3, -0.25) is 0 Å². The summed E-state index contributed by atoms with van der Waals surface area (Å²) in [4.78, 5) is 4.69. The van der Waals surface area contributed by atoms with E-state index in [2.05, 4.69) is 35.3 Å². The molecule has 0 bridgehead atoms. The summed E-state index contributed by atoms with van der Waals surface area (Å²) >= 11 is 1.68. The molecule has 4 rings (SSSR count). The SMILES string of the molecule is Nc1c(-c2nc3ccccc3s2)ccc2ccccc12. The molecular formula is C17H12N2S. The van der Waals surface area contributed by atoms with Crippen LogP contribution in [0, 0.1) is 0 Å². The van der Waals surface area contributed by atoms with E-state index in [-0.39, 0.29) is 0 Å². The molecule has 3 aromatic carbocycles. The van der Waals surface area contributed by atoms with Crippen LogP contribution in [-0.2, 0) is 0 Å². The zero-order chi connectivity index (χ0) is 13.5. The van der Waals surface area contributed by atoms with E-state index in [0.29, 0.717) is 0 Å². The summed E-state index contributed by atoms with van der Waals surface area (Å²) in [5.41, 5.74) is 9.19. The van der Waals surface area contributed by atoms with Crippen molar-refractivity contribution in [2.24, 2.45) is 0 Å². The van der Waals surface area contributed by atoms with E-state index in [1.165, 1.54) is 4.70 Å². The minimum atomic E-state index is 0.808. The summed E-state index contributed by atoms with van der Waals surface area (Å²) < 4.78 is 1.19. The first-order valence-electron chi connectivity index (χ1n) is 6.46. The number of aromatic nitrogens is 1. The molecule has 0 amide bonds. The predicted octanol–water partition coefficient (Wildman–Crippen LogP) is 4.70. The van der Waals surface area contributed by atoms with Crippen LogP contribution in [0.5, 0.6) is 0 Å². The number of anilines is 1. The van der Waals surface area contributed by atoms with Gasteiger partial charge in [0.25, 0.3) is 0 Å². The average molecular weight is 276 g/mol. The van der Waals surface area contributed by atoms with Crippen molar-refractivity contribution < 1.29 is 0 Å². The van der Waals surface area contributed by atoms with Crippen LogP contribution < -0.4 is 5.73 Å². The van der Waals surface area contributed by atoms with Gasteiger partial charge < -0.3 is 5.73 Å². The molecule has 0 radical (unpaired) electrons. The fourth-order valence-corrected chi connectivity index (χ4v) is 3.47. The molecule has 0 fully saturated rings. The first-order chi connectivity index (χ1) is 9.83. The highest BCUT2D eigenvalue weighted by Gasteiger charge is 2.10. The minimum absolute atomic E-state index is 0.808. The molecule has 0 aliphatic rings. The monoisotopic (exact) mass is 276 g/mol. The van der Waals surface area contributed by atoms with Crippen LogP contribution in [-0.4, -0.2) is 4.98 Å². The number of thiazole rings is 1. The summed E-state index contributed by atoms with van der Waals surface area (Å²) in [5, 5.41) is 3.23. The van der Waals surface area contributed by atoms with Crippen LogP contribution in [0.2, 0.25) is 0 Å². The number of benzene rings is 3. The molecule has 2 nitrogen and oxygen atoms in total. The number of nitrogens with two attached hydrogens (primary N) is 1. The Hall–Kier alpha value is -2.39. The van der Waals surface area contributed by atoms with Crippen LogP contribution in [0.3, 0.4) is 0 Å². The number of hydrogen-bond acceptors (Lipinski definition) is 3. The summed E-state index contributed by atoms with van der Waals surface area (Å²) in [6.45, 7) is 0. The molecule has 0 saturated carbocycles. The van der Waals surface area contributed by atoms with Crippen molar-refractivity contribution in [1.29, 1.82) is 0 Å². The molecule has 3 heteroatoms. The van der Waals surface area contributed by atoms with Gasteiger partial charge in [-0.05, 0) is 23.6 Å². The maximum Gasteiger partial charge on any atom is 0.126 e. The van der Waals surface area contributed by atoms with Crippen molar-refractivity contribution in [2.45, 2.75) is 0 Å². The van der Waals surface area contributed by atoms with E-state index in [9.17, 15) is 0 Å².